The van der Waals surface area contributed by atoms with Crippen LogP contribution in [0.25, 0.3) is 10.9 Å². The predicted molar refractivity (Wildman–Crippen MR) is 62.4 cm³/mol. The molecule has 1 heterocycles. The Balaban J connectivity index is 2.35. The summed E-state index contributed by atoms with van der Waals surface area (Å²) in [7, 11) is 0. The highest BCUT2D eigenvalue weighted by Gasteiger charge is 2.02. The molecule has 0 bridgehead atoms. The molecule has 2 rings (SSSR count). The van der Waals surface area contributed by atoms with Crippen LogP contribution in [0.5, 0.6) is 0 Å². The van der Waals surface area contributed by atoms with Crippen LogP contribution < -0.4 is 0 Å². The summed E-state index contributed by atoms with van der Waals surface area (Å²) in [5, 5.41) is 9.73. The van der Waals surface area contributed by atoms with Crippen molar-refractivity contribution in [1.82, 2.24) is 4.98 Å². The third-order valence-electron chi connectivity index (χ3n) is 2.65. The highest BCUT2D eigenvalue weighted by molar-refractivity contribution is 5.82. The first-order valence-electron chi connectivity index (χ1n) is 5.23. The summed E-state index contributed by atoms with van der Waals surface area (Å²) < 4.78 is 0. The highest BCUT2D eigenvalue weighted by Crippen LogP contribution is 2.18. The van der Waals surface area contributed by atoms with Crippen LogP contribution in [0, 0.1) is 6.92 Å². The lowest BCUT2D eigenvalue weighted by Crippen LogP contribution is -1.97. The van der Waals surface area contributed by atoms with E-state index in [1.807, 2.05) is 31.2 Å². The molecule has 0 radical (unpaired) electrons. The average Bonchev–Trinajstić information content (AvgIpc) is 2.27. The van der Waals surface area contributed by atoms with Gasteiger partial charge in [-0.2, -0.15) is 0 Å². The third-order valence-corrected chi connectivity index (χ3v) is 2.65. The zero-order chi connectivity index (χ0) is 11.5. The first-order valence-corrected chi connectivity index (χ1v) is 5.23. The molecule has 0 aliphatic carbocycles. The summed E-state index contributed by atoms with van der Waals surface area (Å²) in [4.78, 5) is 14.8. The molecule has 0 saturated carbocycles. The van der Waals surface area contributed by atoms with Crippen molar-refractivity contribution in [3.8, 4) is 0 Å². The smallest absolute Gasteiger partial charge is 0.303 e. The molecule has 1 N–H and O–H groups in total. The van der Waals surface area contributed by atoms with Crippen molar-refractivity contribution in [3.05, 3.63) is 41.6 Å². The van der Waals surface area contributed by atoms with Crippen molar-refractivity contribution in [2.75, 3.05) is 0 Å². The van der Waals surface area contributed by atoms with Crippen LogP contribution in [0.4, 0.5) is 0 Å². The van der Waals surface area contributed by atoms with E-state index in [0.717, 1.165) is 16.5 Å². The van der Waals surface area contributed by atoms with Crippen LogP contribution >= 0.6 is 0 Å². The third kappa shape index (κ3) is 2.19. The summed E-state index contributed by atoms with van der Waals surface area (Å²) in [6.45, 7) is 2.03. The van der Waals surface area contributed by atoms with Gasteiger partial charge in [0.25, 0.3) is 0 Å². The minimum absolute atomic E-state index is 0.171. The summed E-state index contributed by atoms with van der Waals surface area (Å²) in [6, 6.07) is 7.88. The lowest BCUT2D eigenvalue weighted by atomic mass is 10.0. The molecule has 82 valence electrons. The van der Waals surface area contributed by atoms with E-state index in [-0.39, 0.29) is 6.42 Å². The maximum Gasteiger partial charge on any atom is 0.303 e. The first kappa shape index (κ1) is 10.6. The molecule has 2 aromatic rings. The Hall–Kier alpha value is -1.90. The fourth-order valence-electron chi connectivity index (χ4n) is 1.74. The molecule has 0 aliphatic rings. The van der Waals surface area contributed by atoms with Crippen molar-refractivity contribution in [1.29, 1.82) is 0 Å². The van der Waals surface area contributed by atoms with Crippen molar-refractivity contribution >= 4 is 16.9 Å². The molecule has 1 aromatic carbocycles. The van der Waals surface area contributed by atoms with Crippen molar-refractivity contribution in [3.63, 3.8) is 0 Å². The fourth-order valence-corrected chi connectivity index (χ4v) is 1.74. The summed E-state index contributed by atoms with van der Waals surface area (Å²) in [5.74, 6) is -0.761. The Morgan fingerprint density at radius 3 is 2.94 bits per heavy atom. The van der Waals surface area contributed by atoms with E-state index >= 15 is 0 Å². The number of carbonyl (C=O) groups is 1. The zero-order valence-corrected chi connectivity index (χ0v) is 9.10. The largest absolute Gasteiger partial charge is 0.481 e. The first-order chi connectivity index (χ1) is 7.66. The molecule has 0 fully saturated rings. The normalized spacial score (nSPS) is 10.6. The van der Waals surface area contributed by atoms with Crippen LogP contribution in [0.3, 0.4) is 0 Å². The number of aromatic nitrogens is 1. The number of hydrogen-bond donors (Lipinski definition) is 1. The lowest BCUT2D eigenvalue weighted by molar-refractivity contribution is -0.136. The molecular weight excluding hydrogens is 202 g/mol. The quantitative estimate of drug-likeness (QED) is 0.856. The molecule has 0 unspecified atom stereocenters. The van der Waals surface area contributed by atoms with E-state index in [1.165, 1.54) is 5.56 Å². The van der Waals surface area contributed by atoms with Gasteiger partial charge < -0.3 is 5.11 Å². The number of rotatable bonds is 3. The van der Waals surface area contributed by atoms with Crippen LogP contribution in [0.15, 0.2) is 30.5 Å². The van der Waals surface area contributed by atoms with Gasteiger partial charge in [-0.1, -0.05) is 6.07 Å². The number of hydrogen-bond acceptors (Lipinski definition) is 2. The Morgan fingerprint density at radius 2 is 2.19 bits per heavy atom. The Morgan fingerprint density at radius 1 is 1.38 bits per heavy atom. The van der Waals surface area contributed by atoms with Crippen LogP contribution in [0.1, 0.15) is 17.5 Å². The molecule has 0 atom stereocenters. The number of aliphatic carboxylic acids is 1. The van der Waals surface area contributed by atoms with Crippen LogP contribution in [0.2, 0.25) is 0 Å². The average molecular weight is 215 g/mol. The van der Waals surface area contributed by atoms with Crippen molar-refractivity contribution in [2.45, 2.75) is 19.8 Å². The van der Waals surface area contributed by atoms with Gasteiger partial charge in [-0.25, -0.2) is 0 Å². The van der Waals surface area contributed by atoms with E-state index in [4.69, 9.17) is 5.11 Å². The highest BCUT2D eigenvalue weighted by atomic mass is 16.4. The zero-order valence-electron chi connectivity index (χ0n) is 9.10. The molecule has 3 nitrogen and oxygen atoms in total. The molecule has 0 saturated heterocycles. The number of pyridine rings is 1. The van der Waals surface area contributed by atoms with Crippen LogP contribution in [-0.4, -0.2) is 16.1 Å². The van der Waals surface area contributed by atoms with E-state index in [2.05, 4.69) is 4.98 Å². The monoisotopic (exact) mass is 215 g/mol. The van der Waals surface area contributed by atoms with Crippen LogP contribution in [-0.2, 0) is 11.2 Å². The molecule has 16 heavy (non-hydrogen) atoms. The molecule has 3 heteroatoms. The number of fused-ring (bicyclic) bond motifs is 1. The van der Waals surface area contributed by atoms with E-state index in [0.29, 0.717) is 6.42 Å². The maximum atomic E-state index is 10.5. The Bertz CT molecular complexity index is 534. The number of benzene rings is 1. The molecule has 0 amide bonds. The lowest BCUT2D eigenvalue weighted by Gasteiger charge is -2.04. The van der Waals surface area contributed by atoms with Gasteiger partial charge in [0, 0.05) is 18.0 Å². The second kappa shape index (κ2) is 4.31. The number of carboxylic acids is 1. The summed E-state index contributed by atoms with van der Waals surface area (Å²) >= 11 is 0. The molecule has 0 aliphatic heterocycles. The molecule has 1 aromatic heterocycles. The second-order valence-electron chi connectivity index (χ2n) is 3.87. The minimum atomic E-state index is -0.761. The van der Waals surface area contributed by atoms with E-state index in [9.17, 15) is 4.79 Å². The van der Waals surface area contributed by atoms with Gasteiger partial charge in [0.2, 0.25) is 0 Å². The fraction of sp³-hybridized carbons (Fsp3) is 0.231. The minimum Gasteiger partial charge on any atom is -0.481 e. The molecular formula is C13H13NO2. The summed E-state index contributed by atoms with van der Waals surface area (Å²) in [5.41, 5.74) is 3.17. The Kier molecular flexibility index (Phi) is 2.86. The van der Waals surface area contributed by atoms with Gasteiger partial charge in [0.1, 0.15) is 0 Å². The summed E-state index contributed by atoms with van der Waals surface area (Å²) in [6.07, 6.45) is 2.53. The predicted octanol–water partition coefficient (Wildman–Crippen LogP) is 2.56. The van der Waals surface area contributed by atoms with Crippen molar-refractivity contribution < 1.29 is 9.90 Å². The topological polar surface area (TPSA) is 50.2 Å². The van der Waals surface area contributed by atoms with Gasteiger partial charge in [-0.05, 0) is 42.7 Å². The number of aryl methyl sites for hydroxylation is 2. The van der Waals surface area contributed by atoms with Gasteiger partial charge in [0.05, 0.1) is 5.52 Å². The second-order valence-corrected chi connectivity index (χ2v) is 3.87. The van der Waals surface area contributed by atoms with E-state index in [1.54, 1.807) is 6.20 Å². The van der Waals surface area contributed by atoms with Gasteiger partial charge in [-0.15, -0.1) is 0 Å². The number of carboxylic acid groups (broad SMARTS) is 1. The SMILES string of the molecule is Cc1ccnc2ccc(CCC(=O)O)cc12. The molecule has 0 spiro atoms. The van der Waals surface area contributed by atoms with Gasteiger partial charge in [-0.3, -0.25) is 9.78 Å². The van der Waals surface area contributed by atoms with Gasteiger partial charge in [0.15, 0.2) is 0 Å². The Labute approximate surface area is 93.7 Å². The standard InChI is InChI=1S/C13H13NO2/c1-9-6-7-14-12-4-2-10(8-11(9)12)3-5-13(15)16/h2,4,6-8H,3,5H2,1H3,(H,15,16). The maximum absolute atomic E-state index is 10.5. The van der Waals surface area contributed by atoms with Gasteiger partial charge >= 0.3 is 5.97 Å². The van der Waals surface area contributed by atoms with E-state index < -0.39 is 5.97 Å². The number of nitrogens with zero attached hydrogens (tertiary/aromatic N) is 1. The van der Waals surface area contributed by atoms with Crippen molar-refractivity contribution in [2.24, 2.45) is 0 Å².